The summed E-state index contributed by atoms with van der Waals surface area (Å²) >= 11 is 6.25. The van der Waals surface area contributed by atoms with E-state index in [1.807, 2.05) is 7.05 Å². The predicted molar refractivity (Wildman–Crippen MR) is 71.7 cm³/mol. The number of nitrogens with one attached hydrogen (secondary N) is 1. The lowest BCUT2D eigenvalue weighted by atomic mass is 9.89. The molecule has 96 valence electrons. The minimum absolute atomic E-state index is 0.620. The summed E-state index contributed by atoms with van der Waals surface area (Å²) in [6, 6.07) is 0. The molecule has 0 amide bonds. The van der Waals surface area contributed by atoms with Gasteiger partial charge in [0, 0.05) is 25.9 Å². The van der Waals surface area contributed by atoms with Crippen LogP contribution in [0.5, 0.6) is 0 Å². The Morgan fingerprint density at radius 2 is 2.06 bits per heavy atom. The zero-order valence-electron chi connectivity index (χ0n) is 10.8. The zero-order valence-corrected chi connectivity index (χ0v) is 11.6. The van der Waals surface area contributed by atoms with E-state index in [0.29, 0.717) is 11.1 Å². The summed E-state index contributed by atoms with van der Waals surface area (Å²) in [5.74, 6) is 1.82. The molecule has 1 aliphatic rings. The van der Waals surface area contributed by atoms with Crippen molar-refractivity contribution >= 4 is 11.6 Å². The minimum Gasteiger partial charge on any atom is -0.333 e. The molecule has 0 aliphatic heterocycles. The normalized spacial score (nSPS) is 17.6. The molecule has 1 aromatic heterocycles. The highest BCUT2D eigenvalue weighted by molar-refractivity contribution is 6.30. The zero-order chi connectivity index (χ0) is 12.3. The number of halogens is 1. The van der Waals surface area contributed by atoms with E-state index >= 15 is 0 Å². The number of aromatic nitrogens is 2. The van der Waals surface area contributed by atoms with Crippen LogP contribution in [0.15, 0.2) is 0 Å². The number of hydrogen-bond acceptors (Lipinski definition) is 2. The van der Waals surface area contributed by atoms with E-state index in [1.54, 1.807) is 0 Å². The molecule has 1 N–H and O–H groups in total. The molecular formula is C13H22ClN3. The third-order valence-corrected chi connectivity index (χ3v) is 4.08. The van der Waals surface area contributed by atoms with Crippen molar-refractivity contribution in [2.24, 2.45) is 7.05 Å². The van der Waals surface area contributed by atoms with Gasteiger partial charge in [-0.05, 0) is 19.9 Å². The van der Waals surface area contributed by atoms with Gasteiger partial charge in [-0.1, -0.05) is 30.9 Å². The van der Waals surface area contributed by atoms with Crippen LogP contribution in [-0.2, 0) is 13.5 Å². The maximum atomic E-state index is 6.25. The van der Waals surface area contributed by atoms with Crippen LogP contribution in [0.25, 0.3) is 0 Å². The summed E-state index contributed by atoms with van der Waals surface area (Å²) in [4.78, 5) is 4.59. The first-order valence-electron chi connectivity index (χ1n) is 6.59. The van der Waals surface area contributed by atoms with Crippen LogP contribution in [0.1, 0.15) is 49.5 Å². The van der Waals surface area contributed by atoms with Crippen LogP contribution in [0.2, 0.25) is 5.15 Å². The highest BCUT2D eigenvalue weighted by Gasteiger charge is 2.22. The van der Waals surface area contributed by atoms with Crippen molar-refractivity contribution in [3.63, 3.8) is 0 Å². The Labute approximate surface area is 109 Å². The van der Waals surface area contributed by atoms with Crippen LogP contribution in [0, 0.1) is 0 Å². The quantitative estimate of drug-likeness (QED) is 0.897. The van der Waals surface area contributed by atoms with Crippen molar-refractivity contribution in [3.8, 4) is 0 Å². The van der Waals surface area contributed by atoms with E-state index in [9.17, 15) is 0 Å². The lowest BCUT2D eigenvalue weighted by molar-refractivity contribution is 0.420. The standard InChI is InChI=1S/C13H22ClN3/c1-15-9-8-11-12(14)16-13(17(11)2)10-6-4-3-5-7-10/h10,15H,3-9H2,1-2H3. The molecule has 17 heavy (non-hydrogen) atoms. The molecule has 1 fully saturated rings. The van der Waals surface area contributed by atoms with Gasteiger partial charge in [-0.25, -0.2) is 4.98 Å². The third-order valence-electron chi connectivity index (χ3n) is 3.78. The fraction of sp³-hybridized carbons (Fsp3) is 0.769. The van der Waals surface area contributed by atoms with Crippen molar-refractivity contribution in [2.75, 3.05) is 13.6 Å². The molecule has 0 bridgehead atoms. The van der Waals surface area contributed by atoms with Crippen molar-refractivity contribution in [1.82, 2.24) is 14.9 Å². The van der Waals surface area contributed by atoms with E-state index in [2.05, 4.69) is 21.9 Å². The molecule has 1 heterocycles. The first-order chi connectivity index (χ1) is 8.24. The molecule has 1 aromatic rings. The molecule has 0 aromatic carbocycles. The van der Waals surface area contributed by atoms with Crippen molar-refractivity contribution < 1.29 is 0 Å². The Hall–Kier alpha value is -0.540. The minimum atomic E-state index is 0.620. The van der Waals surface area contributed by atoms with Gasteiger partial charge in [0.25, 0.3) is 0 Å². The van der Waals surface area contributed by atoms with Crippen LogP contribution in [0.4, 0.5) is 0 Å². The highest BCUT2D eigenvalue weighted by Crippen LogP contribution is 2.33. The Balaban J connectivity index is 2.17. The van der Waals surface area contributed by atoms with E-state index in [1.165, 1.54) is 43.6 Å². The average Bonchev–Trinajstić information content (AvgIpc) is 2.64. The molecule has 4 heteroatoms. The Bertz CT molecular complexity index is 367. The number of imidazole rings is 1. The van der Waals surface area contributed by atoms with Crippen molar-refractivity contribution in [1.29, 1.82) is 0 Å². The van der Waals surface area contributed by atoms with Gasteiger partial charge in [-0.3, -0.25) is 0 Å². The van der Waals surface area contributed by atoms with Gasteiger partial charge in [0.05, 0.1) is 5.69 Å². The Kier molecular flexibility index (Phi) is 4.46. The second kappa shape index (κ2) is 5.87. The van der Waals surface area contributed by atoms with Crippen LogP contribution in [0.3, 0.4) is 0 Å². The maximum Gasteiger partial charge on any atom is 0.150 e. The summed E-state index contributed by atoms with van der Waals surface area (Å²) in [5.41, 5.74) is 1.17. The maximum absolute atomic E-state index is 6.25. The van der Waals surface area contributed by atoms with Crippen molar-refractivity contribution in [3.05, 3.63) is 16.7 Å². The fourth-order valence-electron chi connectivity index (χ4n) is 2.76. The number of rotatable bonds is 4. The van der Waals surface area contributed by atoms with Gasteiger partial charge >= 0.3 is 0 Å². The molecule has 2 rings (SSSR count). The smallest absolute Gasteiger partial charge is 0.150 e. The van der Waals surface area contributed by atoms with E-state index in [0.717, 1.165) is 13.0 Å². The molecule has 0 saturated heterocycles. The summed E-state index contributed by atoms with van der Waals surface area (Å²) in [5, 5.41) is 3.86. The SMILES string of the molecule is CNCCc1c(Cl)nc(C2CCCCC2)n1C. The first-order valence-corrected chi connectivity index (χ1v) is 6.97. The van der Waals surface area contributed by atoms with Gasteiger partial charge in [0.15, 0.2) is 5.15 Å². The van der Waals surface area contributed by atoms with Crippen LogP contribution >= 0.6 is 11.6 Å². The lowest BCUT2D eigenvalue weighted by Gasteiger charge is -2.21. The fourth-order valence-corrected chi connectivity index (χ4v) is 3.06. The molecule has 0 atom stereocenters. The first kappa shape index (κ1) is 12.9. The number of likely N-dealkylation sites (N-methyl/N-ethyl adjacent to an activating group) is 1. The van der Waals surface area contributed by atoms with Gasteiger partial charge in [-0.2, -0.15) is 0 Å². The molecule has 1 aliphatic carbocycles. The third kappa shape index (κ3) is 2.83. The molecular weight excluding hydrogens is 234 g/mol. The predicted octanol–water partition coefficient (Wildman–Crippen LogP) is 2.88. The highest BCUT2D eigenvalue weighted by atomic mass is 35.5. The van der Waals surface area contributed by atoms with Gasteiger partial charge in [0.1, 0.15) is 5.82 Å². The average molecular weight is 256 g/mol. The molecule has 1 saturated carbocycles. The topological polar surface area (TPSA) is 29.9 Å². The van der Waals surface area contributed by atoms with Gasteiger partial charge < -0.3 is 9.88 Å². The molecule has 0 spiro atoms. The van der Waals surface area contributed by atoms with E-state index in [-0.39, 0.29) is 0 Å². The van der Waals surface area contributed by atoms with E-state index < -0.39 is 0 Å². The molecule has 0 unspecified atom stereocenters. The van der Waals surface area contributed by atoms with Crippen molar-refractivity contribution in [2.45, 2.75) is 44.4 Å². The second-order valence-electron chi connectivity index (χ2n) is 4.96. The Morgan fingerprint density at radius 1 is 1.35 bits per heavy atom. The second-order valence-corrected chi connectivity index (χ2v) is 5.31. The summed E-state index contributed by atoms with van der Waals surface area (Å²) in [6.07, 6.45) is 7.54. The van der Waals surface area contributed by atoms with Gasteiger partial charge in [0.2, 0.25) is 0 Å². The van der Waals surface area contributed by atoms with E-state index in [4.69, 9.17) is 11.6 Å². The summed E-state index contributed by atoms with van der Waals surface area (Å²) < 4.78 is 2.22. The number of hydrogen-bond donors (Lipinski definition) is 1. The summed E-state index contributed by atoms with van der Waals surface area (Å²) in [6.45, 7) is 0.948. The lowest BCUT2D eigenvalue weighted by Crippen LogP contribution is -2.15. The number of nitrogens with zero attached hydrogens (tertiary/aromatic N) is 2. The Morgan fingerprint density at radius 3 is 2.71 bits per heavy atom. The van der Waals surface area contributed by atoms with Crippen LogP contribution < -0.4 is 5.32 Å². The largest absolute Gasteiger partial charge is 0.333 e. The van der Waals surface area contributed by atoms with Crippen LogP contribution in [-0.4, -0.2) is 23.1 Å². The van der Waals surface area contributed by atoms with Gasteiger partial charge in [-0.15, -0.1) is 0 Å². The monoisotopic (exact) mass is 255 g/mol. The summed E-state index contributed by atoms with van der Waals surface area (Å²) in [7, 11) is 4.07. The molecule has 3 nitrogen and oxygen atoms in total. The molecule has 0 radical (unpaired) electrons.